The second-order valence-corrected chi connectivity index (χ2v) is 16.0. The number of aliphatic imine (C=N–C) groups is 1. The zero-order chi connectivity index (χ0) is 28.8. The van der Waals surface area contributed by atoms with Gasteiger partial charge in [0.05, 0.1) is 15.5 Å². The highest BCUT2D eigenvalue weighted by atomic mass is 35.5. The van der Waals surface area contributed by atoms with Gasteiger partial charge in [-0.1, -0.05) is 42.3 Å². The first-order valence-electron chi connectivity index (χ1n) is 14.5. The van der Waals surface area contributed by atoms with E-state index in [2.05, 4.69) is 5.32 Å². The predicted octanol–water partition coefficient (Wildman–Crippen LogP) is 5.14. The standard InChI is InChI=1S/C31H36ClFN4O3S/c1-28(2)25(26(38)36-14-13-29(20-36)11-6-12-29)34-27(35-28)30-17-31(18-30,19-30)37(16-21-9-10-23(32)24(33)15-21)41(39,40)22-7-4-3-5-8-22/h3-5,7-10,15,25H,6,11-14,16-20H2,1-2H3,(H,34,35)/t25-,30?,31?/m0/s1. The number of likely N-dealkylation sites (tertiary alicyclic amines) is 1. The minimum atomic E-state index is -3.86. The van der Waals surface area contributed by atoms with Crippen molar-refractivity contribution in [3.05, 3.63) is 64.9 Å². The van der Waals surface area contributed by atoms with Crippen molar-refractivity contribution in [1.82, 2.24) is 14.5 Å². The van der Waals surface area contributed by atoms with E-state index in [-0.39, 0.29) is 27.8 Å². The number of hydrogen-bond donors (Lipinski definition) is 1. The van der Waals surface area contributed by atoms with Crippen LogP contribution in [0.4, 0.5) is 4.39 Å². The Kier molecular flexibility index (Phi) is 6.01. The van der Waals surface area contributed by atoms with Gasteiger partial charge in [0.15, 0.2) is 6.04 Å². The molecule has 2 aromatic rings. The fraction of sp³-hybridized carbons (Fsp3) is 0.548. The highest BCUT2D eigenvalue weighted by Gasteiger charge is 2.75. The molecular weight excluding hydrogens is 563 g/mol. The molecule has 1 amide bonds. The van der Waals surface area contributed by atoms with E-state index in [1.807, 2.05) is 18.7 Å². The Balaban J connectivity index is 1.13. The number of halogens is 2. The lowest BCUT2D eigenvalue weighted by Crippen LogP contribution is -2.78. The van der Waals surface area contributed by atoms with Crippen LogP contribution in [0.5, 0.6) is 0 Å². The van der Waals surface area contributed by atoms with Crippen LogP contribution in [0.15, 0.2) is 58.4 Å². The number of nitrogens with zero attached hydrogens (tertiary/aromatic N) is 3. The third-order valence-electron chi connectivity index (χ3n) is 10.5. The van der Waals surface area contributed by atoms with Gasteiger partial charge < -0.3 is 10.2 Å². The van der Waals surface area contributed by atoms with Crippen molar-refractivity contribution in [3.63, 3.8) is 0 Å². The third kappa shape index (κ3) is 4.17. The average Bonchev–Trinajstić information content (AvgIpc) is 3.46. The van der Waals surface area contributed by atoms with E-state index >= 15 is 0 Å². The lowest BCUT2D eigenvalue weighted by Gasteiger charge is -2.73. The van der Waals surface area contributed by atoms with Crippen LogP contribution in [0, 0.1) is 16.6 Å². The molecule has 0 unspecified atom stereocenters. The summed E-state index contributed by atoms with van der Waals surface area (Å²) in [6.07, 6.45) is 6.61. The fourth-order valence-corrected chi connectivity index (χ4v) is 9.89. The number of sulfonamides is 1. The van der Waals surface area contributed by atoms with Gasteiger partial charge in [-0.05, 0) is 87.6 Å². The summed E-state index contributed by atoms with van der Waals surface area (Å²) in [5, 5.41) is 3.58. The summed E-state index contributed by atoms with van der Waals surface area (Å²) in [5.74, 6) is 0.356. The number of rotatable bonds is 7. The SMILES string of the molecule is CC1(C)NC(C23CC(N(Cc4ccc(Cl)c(F)c4)S(=O)(=O)c4ccccc4)(C2)C3)=N[C@H]1C(=O)N1CCC2(CCC2)C1. The molecule has 2 heterocycles. The summed E-state index contributed by atoms with van der Waals surface area (Å²) in [6.45, 7) is 5.76. The zero-order valence-electron chi connectivity index (χ0n) is 23.5. The lowest BCUT2D eigenvalue weighted by molar-refractivity contribution is -0.151. The van der Waals surface area contributed by atoms with E-state index in [1.165, 1.54) is 31.4 Å². The number of carbonyl (C=O) groups is 1. The normalized spacial score (nSPS) is 30.8. The van der Waals surface area contributed by atoms with Crippen LogP contribution in [0.1, 0.15) is 64.4 Å². The van der Waals surface area contributed by atoms with Gasteiger partial charge in [-0.15, -0.1) is 0 Å². The topological polar surface area (TPSA) is 82.1 Å². The maximum absolute atomic E-state index is 14.3. The van der Waals surface area contributed by atoms with E-state index in [0.29, 0.717) is 30.2 Å². The van der Waals surface area contributed by atoms with E-state index in [4.69, 9.17) is 16.6 Å². The first-order chi connectivity index (χ1) is 19.4. The molecule has 0 radical (unpaired) electrons. The molecule has 8 rings (SSSR count). The van der Waals surface area contributed by atoms with Crippen molar-refractivity contribution in [1.29, 1.82) is 0 Å². The number of hydrogen-bond acceptors (Lipinski definition) is 5. The number of nitrogens with one attached hydrogen (secondary N) is 1. The van der Waals surface area contributed by atoms with E-state index in [9.17, 15) is 17.6 Å². The second kappa shape index (κ2) is 9.01. The van der Waals surface area contributed by atoms with Crippen LogP contribution in [-0.4, -0.2) is 59.6 Å². The largest absolute Gasteiger partial charge is 0.366 e. The third-order valence-corrected chi connectivity index (χ3v) is 12.7. The van der Waals surface area contributed by atoms with Gasteiger partial charge >= 0.3 is 0 Å². The number of amides is 1. The van der Waals surface area contributed by atoms with Gasteiger partial charge in [-0.25, -0.2) is 12.8 Å². The summed E-state index contributed by atoms with van der Waals surface area (Å²) >= 11 is 5.90. The van der Waals surface area contributed by atoms with Gasteiger partial charge in [0.1, 0.15) is 11.7 Å². The molecule has 41 heavy (non-hydrogen) atoms. The molecule has 10 heteroatoms. The summed E-state index contributed by atoms with van der Waals surface area (Å²) in [5.41, 5.74) is -0.502. The van der Waals surface area contributed by atoms with Crippen LogP contribution >= 0.6 is 11.6 Å². The summed E-state index contributed by atoms with van der Waals surface area (Å²) in [4.78, 5) is 20.9. The second-order valence-electron chi connectivity index (χ2n) is 13.7. The van der Waals surface area contributed by atoms with Crippen molar-refractivity contribution in [2.45, 2.75) is 87.4 Å². The molecule has 2 aromatic carbocycles. The molecule has 6 aliphatic rings. The molecule has 4 aliphatic carbocycles. The Bertz CT molecular complexity index is 1540. The minimum Gasteiger partial charge on any atom is -0.366 e. The number of carbonyl (C=O) groups excluding carboxylic acids is 1. The Morgan fingerprint density at radius 3 is 2.44 bits per heavy atom. The number of benzene rings is 2. The first kappa shape index (κ1) is 27.3. The Morgan fingerprint density at radius 2 is 1.83 bits per heavy atom. The molecule has 1 spiro atoms. The molecule has 2 bridgehead atoms. The molecule has 4 saturated carbocycles. The Hall–Kier alpha value is -2.49. The Labute approximate surface area is 246 Å². The van der Waals surface area contributed by atoms with E-state index < -0.39 is 33.0 Å². The van der Waals surface area contributed by atoms with Crippen LogP contribution in [-0.2, 0) is 21.4 Å². The molecule has 5 fully saturated rings. The number of amidine groups is 1. The van der Waals surface area contributed by atoms with E-state index in [0.717, 1.165) is 25.3 Å². The van der Waals surface area contributed by atoms with Gasteiger partial charge in [0.2, 0.25) is 15.9 Å². The first-order valence-corrected chi connectivity index (χ1v) is 16.4. The molecule has 1 N–H and O–H groups in total. The summed E-state index contributed by atoms with van der Waals surface area (Å²) < 4.78 is 43.8. The summed E-state index contributed by atoms with van der Waals surface area (Å²) in [7, 11) is -3.86. The molecular formula is C31H36ClFN4O3S. The highest BCUT2D eigenvalue weighted by molar-refractivity contribution is 7.89. The van der Waals surface area contributed by atoms with Crippen molar-refractivity contribution in [2.24, 2.45) is 15.8 Å². The molecule has 0 aromatic heterocycles. The van der Waals surface area contributed by atoms with Gasteiger partial charge in [0, 0.05) is 30.6 Å². The molecule has 218 valence electrons. The maximum atomic E-state index is 14.3. The summed E-state index contributed by atoms with van der Waals surface area (Å²) in [6, 6.07) is 12.4. The maximum Gasteiger partial charge on any atom is 0.249 e. The van der Waals surface area contributed by atoms with Crippen molar-refractivity contribution < 1.29 is 17.6 Å². The van der Waals surface area contributed by atoms with Gasteiger partial charge in [0.25, 0.3) is 0 Å². The fourth-order valence-electron chi connectivity index (χ4n) is 7.99. The molecule has 7 nitrogen and oxygen atoms in total. The van der Waals surface area contributed by atoms with Crippen LogP contribution < -0.4 is 5.32 Å². The van der Waals surface area contributed by atoms with Crippen molar-refractivity contribution >= 4 is 33.4 Å². The van der Waals surface area contributed by atoms with Crippen molar-refractivity contribution in [2.75, 3.05) is 13.1 Å². The zero-order valence-corrected chi connectivity index (χ0v) is 25.1. The predicted molar refractivity (Wildman–Crippen MR) is 156 cm³/mol. The van der Waals surface area contributed by atoms with Gasteiger partial charge in [-0.3, -0.25) is 9.79 Å². The lowest BCUT2D eigenvalue weighted by atomic mass is 9.38. The minimum absolute atomic E-state index is 0.00417. The van der Waals surface area contributed by atoms with Crippen LogP contribution in [0.25, 0.3) is 0 Å². The Morgan fingerprint density at radius 1 is 1.12 bits per heavy atom. The quantitative estimate of drug-likeness (QED) is 0.478. The molecule has 2 aliphatic heterocycles. The van der Waals surface area contributed by atoms with E-state index in [1.54, 1.807) is 40.7 Å². The molecule has 1 saturated heterocycles. The van der Waals surface area contributed by atoms with Gasteiger partial charge in [-0.2, -0.15) is 4.31 Å². The smallest absolute Gasteiger partial charge is 0.249 e. The van der Waals surface area contributed by atoms with Crippen LogP contribution in [0.2, 0.25) is 5.02 Å². The highest BCUT2D eigenvalue weighted by Crippen LogP contribution is 2.71. The molecule has 1 atom stereocenters. The van der Waals surface area contributed by atoms with Crippen LogP contribution in [0.3, 0.4) is 0 Å². The monoisotopic (exact) mass is 598 g/mol. The van der Waals surface area contributed by atoms with Crippen molar-refractivity contribution in [3.8, 4) is 0 Å². The average molecular weight is 599 g/mol.